The molecule has 0 bridgehead atoms. The second kappa shape index (κ2) is 6.45. The zero-order chi connectivity index (χ0) is 14.8. The molecular formula is C14H20BrNO3S. The zero-order valence-corrected chi connectivity index (χ0v) is 13.9. The summed E-state index contributed by atoms with van der Waals surface area (Å²) in [6, 6.07) is 5.31. The van der Waals surface area contributed by atoms with E-state index in [-0.39, 0.29) is 11.8 Å². The Labute approximate surface area is 128 Å². The minimum absolute atomic E-state index is 0.265. The number of halogens is 1. The first kappa shape index (κ1) is 15.8. The lowest BCUT2D eigenvalue weighted by molar-refractivity contribution is 0.406. The standard InChI is InChI=1S/C14H20BrNO3S/c1-19-13-6-5-11(15)8-10(13)9-12(16)14-4-2-3-7-20(14,17)18/h5-6,8,12,14H,2-4,7,9,16H2,1H3. The molecule has 2 atom stereocenters. The van der Waals surface area contributed by atoms with Crippen molar-refractivity contribution in [2.24, 2.45) is 5.73 Å². The summed E-state index contributed by atoms with van der Waals surface area (Å²) >= 11 is 3.42. The van der Waals surface area contributed by atoms with Crippen molar-refractivity contribution in [1.82, 2.24) is 0 Å². The summed E-state index contributed by atoms with van der Waals surface area (Å²) in [6.45, 7) is 0. The first-order valence-corrected chi connectivity index (χ1v) is 9.24. The Bertz CT molecular complexity index is 574. The lowest BCUT2D eigenvalue weighted by atomic mass is 9.99. The second-order valence-electron chi connectivity index (χ2n) is 5.23. The van der Waals surface area contributed by atoms with Gasteiger partial charge in [0.1, 0.15) is 5.75 Å². The van der Waals surface area contributed by atoms with Crippen LogP contribution in [0.5, 0.6) is 5.75 Å². The Morgan fingerprint density at radius 3 is 2.85 bits per heavy atom. The number of hydrogen-bond acceptors (Lipinski definition) is 4. The van der Waals surface area contributed by atoms with E-state index < -0.39 is 15.1 Å². The minimum atomic E-state index is -3.05. The fourth-order valence-electron chi connectivity index (χ4n) is 2.75. The Kier molecular flexibility index (Phi) is 5.09. The molecule has 1 aliphatic heterocycles. The van der Waals surface area contributed by atoms with Gasteiger partial charge in [-0.3, -0.25) is 0 Å². The van der Waals surface area contributed by atoms with Crippen molar-refractivity contribution in [3.05, 3.63) is 28.2 Å². The van der Waals surface area contributed by atoms with Gasteiger partial charge in [-0.25, -0.2) is 8.42 Å². The van der Waals surface area contributed by atoms with Crippen LogP contribution in [0.4, 0.5) is 0 Å². The molecule has 4 nitrogen and oxygen atoms in total. The molecular weight excluding hydrogens is 342 g/mol. The summed E-state index contributed by atoms with van der Waals surface area (Å²) in [5.41, 5.74) is 7.12. The van der Waals surface area contributed by atoms with Crippen molar-refractivity contribution in [3.8, 4) is 5.75 Å². The molecule has 0 aromatic heterocycles. The smallest absolute Gasteiger partial charge is 0.154 e. The van der Waals surface area contributed by atoms with E-state index in [9.17, 15) is 8.42 Å². The lowest BCUT2D eigenvalue weighted by Gasteiger charge is -2.28. The van der Waals surface area contributed by atoms with Gasteiger partial charge in [0.2, 0.25) is 0 Å². The van der Waals surface area contributed by atoms with Crippen LogP contribution in [-0.2, 0) is 16.3 Å². The van der Waals surface area contributed by atoms with Crippen LogP contribution in [0.25, 0.3) is 0 Å². The molecule has 1 fully saturated rings. The first-order chi connectivity index (χ1) is 9.44. The predicted octanol–water partition coefficient (Wildman–Crippen LogP) is 2.29. The van der Waals surface area contributed by atoms with Gasteiger partial charge in [-0.15, -0.1) is 0 Å². The monoisotopic (exact) mass is 361 g/mol. The Morgan fingerprint density at radius 2 is 2.20 bits per heavy atom. The Hall–Kier alpha value is -0.590. The highest BCUT2D eigenvalue weighted by atomic mass is 79.9. The first-order valence-electron chi connectivity index (χ1n) is 6.73. The van der Waals surface area contributed by atoms with E-state index in [0.29, 0.717) is 12.8 Å². The van der Waals surface area contributed by atoms with Crippen molar-refractivity contribution in [2.45, 2.75) is 37.0 Å². The molecule has 0 radical (unpaired) electrons. The van der Waals surface area contributed by atoms with E-state index in [2.05, 4.69) is 15.9 Å². The summed E-state index contributed by atoms with van der Waals surface area (Å²) in [5, 5.41) is -0.431. The van der Waals surface area contributed by atoms with Gasteiger partial charge in [0.15, 0.2) is 9.84 Å². The molecule has 2 N–H and O–H groups in total. The fraction of sp³-hybridized carbons (Fsp3) is 0.571. The number of sulfone groups is 1. The molecule has 1 aliphatic rings. The van der Waals surface area contributed by atoms with Gasteiger partial charge < -0.3 is 10.5 Å². The number of hydrogen-bond donors (Lipinski definition) is 1. The summed E-state index contributed by atoms with van der Waals surface area (Å²) in [5.74, 6) is 1.01. The molecule has 20 heavy (non-hydrogen) atoms. The molecule has 0 aliphatic carbocycles. The third-order valence-corrected chi connectivity index (χ3v) is 6.66. The fourth-order valence-corrected chi connectivity index (χ4v) is 5.22. The van der Waals surface area contributed by atoms with E-state index in [0.717, 1.165) is 28.6 Å². The van der Waals surface area contributed by atoms with Crippen LogP contribution >= 0.6 is 15.9 Å². The van der Waals surface area contributed by atoms with Gasteiger partial charge in [0.25, 0.3) is 0 Å². The topological polar surface area (TPSA) is 69.4 Å². The van der Waals surface area contributed by atoms with Crippen LogP contribution < -0.4 is 10.5 Å². The number of methoxy groups -OCH3 is 1. The van der Waals surface area contributed by atoms with Gasteiger partial charge in [-0.1, -0.05) is 22.4 Å². The number of nitrogens with two attached hydrogens (primary N) is 1. The van der Waals surface area contributed by atoms with Crippen molar-refractivity contribution >= 4 is 25.8 Å². The summed E-state index contributed by atoms with van der Waals surface area (Å²) < 4.78 is 30.5. The number of ether oxygens (including phenoxy) is 1. The maximum absolute atomic E-state index is 12.1. The SMILES string of the molecule is COc1ccc(Br)cc1CC(N)C1CCCCS1(=O)=O. The molecule has 1 heterocycles. The number of rotatable bonds is 4. The van der Waals surface area contributed by atoms with Crippen LogP contribution in [0.2, 0.25) is 0 Å². The molecule has 1 saturated heterocycles. The summed E-state index contributed by atoms with van der Waals surface area (Å²) in [4.78, 5) is 0. The molecule has 0 amide bonds. The molecule has 0 saturated carbocycles. The number of benzene rings is 1. The largest absolute Gasteiger partial charge is 0.496 e. The molecule has 1 aromatic rings. The lowest BCUT2D eigenvalue weighted by Crippen LogP contribution is -2.44. The van der Waals surface area contributed by atoms with E-state index in [1.807, 2.05) is 18.2 Å². The summed E-state index contributed by atoms with van der Waals surface area (Å²) in [6.07, 6.45) is 2.87. The Balaban J connectivity index is 2.19. The molecule has 0 spiro atoms. The van der Waals surface area contributed by atoms with Crippen molar-refractivity contribution in [2.75, 3.05) is 12.9 Å². The molecule has 6 heteroatoms. The summed E-state index contributed by atoms with van der Waals surface area (Å²) in [7, 11) is -1.44. The molecule has 112 valence electrons. The maximum atomic E-state index is 12.1. The predicted molar refractivity (Wildman–Crippen MR) is 83.8 cm³/mol. The maximum Gasteiger partial charge on any atom is 0.154 e. The zero-order valence-electron chi connectivity index (χ0n) is 11.5. The normalized spacial score (nSPS) is 23.2. The second-order valence-corrected chi connectivity index (χ2v) is 8.48. The van der Waals surface area contributed by atoms with Gasteiger partial charge >= 0.3 is 0 Å². The average Bonchev–Trinajstić information content (AvgIpc) is 2.38. The van der Waals surface area contributed by atoms with Crippen LogP contribution in [-0.4, -0.2) is 32.6 Å². The minimum Gasteiger partial charge on any atom is -0.496 e. The van der Waals surface area contributed by atoms with E-state index in [1.165, 1.54) is 0 Å². The van der Waals surface area contributed by atoms with Gasteiger partial charge in [0.05, 0.1) is 18.1 Å². The van der Waals surface area contributed by atoms with Crippen LogP contribution in [0.1, 0.15) is 24.8 Å². The Morgan fingerprint density at radius 1 is 1.45 bits per heavy atom. The highest BCUT2D eigenvalue weighted by Crippen LogP contribution is 2.28. The highest BCUT2D eigenvalue weighted by molar-refractivity contribution is 9.10. The van der Waals surface area contributed by atoms with E-state index >= 15 is 0 Å². The third kappa shape index (κ3) is 3.54. The van der Waals surface area contributed by atoms with Crippen molar-refractivity contribution in [1.29, 1.82) is 0 Å². The molecule has 2 unspecified atom stereocenters. The van der Waals surface area contributed by atoms with Gasteiger partial charge in [0, 0.05) is 10.5 Å². The molecule has 2 rings (SSSR count). The van der Waals surface area contributed by atoms with Crippen molar-refractivity contribution in [3.63, 3.8) is 0 Å². The van der Waals surface area contributed by atoms with Crippen LogP contribution in [0.3, 0.4) is 0 Å². The molecule has 1 aromatic carbocycles. The van der Waals surface area contributed by atoms with Gasteiger partial charge in [-0.05, 0) is 43.0 Å². The quantitative estimate of drug-likeness (QED) is 0.892. The van der Waals surface area contributed by atoms with E-state index in [4.69, 9.17) is 10.5 Å². The van der Waals surface area contributed by atoms with Crippen molar-refractivity contribution < 1.29 is 13.2 Å². The van der Waals surface area contributed by atoms with Gasteiger partial charge in [-0.2, -0.15) is 0 Å². The average molecular weight is 362 g/mol. The highest BCUT2D eigenvalue weighted by Gasteiger charge is 2.33. The third-order valence-electron chi connectivity index (χ3n) is 3.80. The van der Waals surface area contributed by atoms with Crippen LogP contribution in [0, 0.1) is 0 Å². The van der Waals surface area contributed by atoms with Crippen LogP contribution in [0.15, 0.2) is 22.7 Å². The van der Waals surface area contributed by atoms with E-state index in [1.54, 1.807) is 7.11 Å².